The van der Waals surface area contributed by atoms with Crippen molar-refractivity contribution in [1.29, 1.82) is 0 Å². The minimum atomic E-state index is 0.254. The zero-order valence-electron chi connectivity index (χ0n) is 14.5. The fourth-order valence-electron chi connectivity index (χ4n) is 3.70. The average molecular weight is 336 g/mol. The number of piperazine rings is 1. The summed E-state index contributed by atoms with van der Waals surface area (Å²) in [6.07, 6.45) is 4.68. The van der Waals surface area contributed by atoms with Crippen LogP contribution in [0.4, 0.5) is 5.69 Å². The predicted molar refractivity (Wildman–Crippen MR) is 98.5 cm³/mol. The first-order chi connectivity index (χ1) is 12.3. The minimum absolute atomic E-state index is 0.254. The van der Waals surface area contributed by atoms with E-state index in [0.717, 1.165) is 45.7 Å². The first kappa shape index (κ1) is 16.1. The molecule has 0 bridgehead atoms. The molecule has 0 radical (unpaired) electrons. The molecule has 0 spiro atoms. The standard InChI is InChI=1S/C20H24N4O/c25-20(24-9-7-17-4-1-2-5-18(17)15-24)16-22-10-12-23(13-11-22)19-6-3-8-21-14-19/h1-6,8,14H,7,9-13,15-16H2. The molecule has 0 saturated carbocycles. The van der Waals surface area contributed by atoms with Crippen LogP contribution in [0.15, 0.2) is 48.8 Å². The molecular weight excluding hydrogens is 312 g/mol. The van der Waals surface area contributed by atoms with Crippen LogP contribution in [0.2, 0.25) is 0 Å². The molecule has 1 fully saturated rings. The zero-order valence-corrected chi connectivity index (χ0v) is 14.5. The number of nitrogens with zero attached hydrogens (tertiary/aromatic N) is 4. The highest BCUT2D eigenvalue weighted by Gasteiger charge is 2.24. The van der Waals surface area contributed by atoms with Crippen LogP contribution in [-0.4, -0.2) is 60.0 Å². The van der Waals surface area contributed by atoms with Gasteiger partial charge in [-0.05, 0) is 29.7 Å². The van der Waals surface area contributed by atoms with Gasteiger partial charge >= 0.3 is 0 Å². The van der Waals surface area contributed by atoms with Crippen LogP contribution in [0.25, 0.3) is 0 Å². The highest BCUT2D eigenvalue weighted by molar-refractivity contribution is 5.78. The van der Waals surface area contributed by atoms with Crippen molar-refractivity contribution < 1.29 is 4.79 Å². The third-order valence-electron chi connectivity index (χ3n) is 5.23. The van der Waals surface area contributed by atoms with E-state index in [4.69, 9.17) is 0 Å². The molecule has 1 amide bonds. The number of carbonyl (C=O) groups is 1. The largest absolute Gasteiger partial charge is 0.368 e. The number of benzene rings is 1. The average Bonchev–Trinajstić information content (AvgIpc) is 2.69. The molecule has 0 N–H and O–H groups in total. The normalized spacial score (nSPS) is 18.1. The Kier molecular flexibility index (Phi) is 4.65. The summed E-state index contributed by atoms with van der Waals surface area (Å²) in [6.45, 7) is 5.86. The van der Waals surface area contributed by atoms with E-state index >= 15 is 0 Å². The number of aromatic nitrogens is 1. The Balaban J connectivity index is 1.30. The van der Waals surface area contributed by atoms with E-state index in [9.17, 15) is 4.79 Å². The number of carbonyl (C=O) groups excluding carboxylic acids is 1. The van der Waals surface area contributed by atoms with E-state index in [2.05, 4.69) is 45.1 Å². The Morgan fingerprint density at radius 3 is 2.52 bits per heavy atom. The first-order valence-corrected chi connectivity index (χ1v) is 9.01. The van der Waals surface area contributed by atoms with Crippen molar-refractivity contribution in [2.45, 2.75) is 13.0 Å². The van der Waals surface area contributed by atoms with E-state index in [1.807, 2.05) is 17.2 Å². The van der Waals surface area contributed by atoms with Crippen LogP contribution in [0.1, 0.15) is 11.1 Å². The van der Waals surface area contributed by atoms with Gasteiger partial charge in [-0.3, -0.25) is 14.7 Å². The molecule has 2 aromatic rings. The molecule has 25 heavy (non-hydrogen) atoms. The van der Waals surface area contributed by atoms with Crippen molar-refractivity contribution in [1.82, 2.24) is 14.8 Å². The van der Waals surface area contributed by atoms with Crippen molar-refractivity contribution in [3.8, 4) is 0 Å². The maximum atomic E-state index is 12.7. The molecule has 1 aromatic heterocycles. The number of pyridine rings is 1. The number of amides is 1. The lowest BCUT2D eigenvalue weighted by atomic mass is 10.00. The molecule has 1 aromatic carbocycles. The smallest absolute Gasteiger partial charge is 0.237 e. The lowest BCUT2D eigenvalue weighted by molar-refractivity contribution is -0.133. The van der Waals surface area contributed by atoms with E-state index in [1.54, 1.807) is 6.20 Å². The van der Waals surface area contributed by atoms with Crippen molar-refractivity contribution in [3.63, 3.8) is 0 Å². The molecule has 1 saturated heterocycles. The van der Waals surface area contributed by atoms with Gasteiger partial charge in [-0.1, -0.05) is 24.3 Å². The van der Waals surface area contributed by atoms with Gasteiger partial charge in [0, 0.05) is 45.5 Å². The van der Waals surface area contributed by atoms with Gasteiger partial charge in [0.25, 0.3) is 0 Å². The fraction of sp³-hybridized carbons (Fsp3) is 0.400. The number of hydrogen-bond acceptors (Lipinski definition) is 4. The summed E-state index contributed by atoms with van der Waals surface area (Å²) in [5.41, 5.74) is 3.85. The predicted octanol–water partition coefficient (Wildman–Crippen LogP) is 1.79. The molecule has 2 aliphatic rings. The van der Waals surface area contributed by atoms with Crippen LogP contribution in [0.3, 0.4) is 0 Å². The Morgan fingerprint density at radius 1 is 0.960 bits per heavy atom. The van der Waals surface area contributed by atoms with Gasteiger partial charge in [0.1, 0.15) is 0 Å². The van der Waals surface area contributed by atoms with Gasteiger partial charge in [0.15, 0.2) is 0 Å². The van der Waals surface area contributed by atoms with Crippen LogP contribution < -0.4 is 4.90 Å². The van der Waals surface area contributed by atoms with Gasteiger partial charge in [-0.25, -0.2) is 0 Å². The van der Waals surface area contributed by atoms with Crippen LogP contribution in [0, 0.1) is 0 Å². The van der Waals surface area contributed by atoms with Crippen molar-refractivity contribution >= 4 is 11.6 Å². The molecule has 0 aliphatic carbocycles. The van der Waals surface area contributed by atoms with Gasteiger partial charge < -0.3 is 9.80 Å². The maximum Gasteiger partial charge on any atom is 0.237 e. The molecule has 5 nitrogen and oxygen atoms in total. The Bertz CT molecular complexity index is 725. The zero-order chi connectivity index (χ0) is 17.1. The third-order valence-corrected chi connectivity index (χ3v) is 5.23. The van der Waals surface area contributed by atoms with Gasteiger partial charge in [-0.15, -0.1) is 0 Å². The highest BCUT2D eigenvalue weighted by Crippen LogP contribution is 2.19. The lowest BCUT2D eigenvalue weighted by Crippen LogP contribution is -2.50. The minimum Gasteiger partial charge on any atom is -0.368 e. The van der Waals surface area contributed by atoms with Crippen molar-refractivity contribution in [3.05, 3.63) is 59.9 Å². The number of hydrogen-bond donors (Lipinski definition) is 0. The van der Waals surface area contributed by atoms with Crippen LogP contribution in [-0.2, 0) is 17.8 Å². The number of anilines is 1. The SMILES string of the molecule is O=C(CN1CCN(c2cccnc2)CC1)N1CCc2ccccc2C1. The molecular formula is C20H24N4O. The highest BCUT2D eigenvalue weighted by atomic mass is 16.2. The Labute approximate surface area is 148 Å². The number of rotatable bonds is 3. The lowest BCUT2D eigenvalue weighted by Gasteiger charge is -2.37. The van der Waals surface area contributed by atoms with E-state index in [0.29, 0.717) is 6.54 Å². The molecule has 130 valence electrons. The Hall–Kier alpha value is -2.40. The van der Waals surface area contributed by atoms with Crippen LogP contribution >= 0.6 is 0 Å². The molecule has 2 aliphatic heterocycles. The van der Waals surface area contributed by atoms with Gasteiger partial charge in [0.2, 0.25) is 5.91 Å². The monoisotopic (exact) mass is 336 g/mol. The van der Waals surface area contributed by atoms with Gasteiger partial charge in [0.05, 0.1) is 18.4 Å². The molecule has 0 unspecified atom stereocenters. The summed E-state index contributed by atoms with van der Waals surface area (Å²) >= 11 is 0. The number of fused-ring (bicyclic) bond motifs is 1. The summed E-state index contributed by atoms with van der Waals surface area (Å²) < 4.78 is 0. The third kappa shape index (κ3) is 3.66. The second-order valence-corrected chi connectivity index (χ2v) is 6.81. The summed E-state index contributed by atoms with van der Waals surface area (Å²) in [5, 5.41) is 0. The summed E-state index contributed by atoms with van der Waals surface area (Å²) in [5.74, 6) is 0.254. The van der Waals surface area contributed by atoms with E-state index in [-0.39, 0.29) is 5.91 Å². The van der Waals surface area contributed by atoms with Crippen molar-refractivity contribution in [2.75, 3.05) is 44.2 Å². The first-order valence-electron chi connectivity index (χ1n) is 9.01. The molecule has 5 heteroatoms. The molecule has 3 heterocycles. The van der Waals surface area contributed by atoms with Crippen LogP contribution in [0.5, 0.6) is 0 Å². The van der Waals surface area contributed by atoms with E-state index < -0.39 is 0 Å². The summed E-state index contributed by atoms with van der Waals surface area (Å²) in [7, 11) is 0. The van der Waals surface area contributed by atoms with Crippen molar-refractivity contribution in [2.24, 2.45) is 0 Å². The molecule has 4 rings (SSSR count). The summed E-state index contributed by atoms with van der Waals surface area (Å²) in [6, 6.07) is 12.5. The van der Waals surface area contributed by atoms with E-state index in [1.165, 1.54) is 16.8 Å². The molecule has 0 atom stereocenters. The Morgan fingerprint density at radius 2 is 1.76 bits per heavy atom. The second-order valence-electron chi connectivity index (χ2n) is 6.81. The topological polar surface area (TPSA) is 39.7 Å². The second kappa shape index (κ2) is 7.23. The fourth-order valence-corrected chi connectivity index (χ4v) is 3.70. The maximum absolute atomic E-state index is 12.7. The van der Waals surface area contributed by atoms with Gasteiger partial charge in [-0.2, -0.15) is 0 Å². The quantitative estimate of drug-likeness (QED) is 0.857. The summed E-state index contributed by atoms with van der Waals surface area (Å²) in [4.78, 5) is 23.5.